The van der Waals surface area contributed by atoms with E-state index >= 15 is 0 Å². The first kappa shape index (κ1) is 9.91. The Hall–Kier alpha value is -1.09. The van der Waals surface area contributed by atoms with Gasteiger partial charge in [0.15, 0.2) is 0 Å². The summed E-state index contributed by atoms with van der Waals surface area (Å²) in [6.45, 7) is 0. The van der Waals surface area contributed by atoms with Crippen molar-refractivity contribution in [2.24, 2.45) is 0 Å². The molecule has 0 bridgehead atoms. The Morgan fingerprint density at radius 3 is 2.00 bits per heavy atom. The molecule has 0 fully saturated rings. The molecule has 0 saturated heterocycles. The molecular weight excluding hydrogens is 140 g/mol. The van der Waals surface area contributed by atoms with Crippen LogP contribution < -0.4 is 5.56 Å². The number of rotatable bonds is 0. The van der Waals surface area contributed by atoms with E-state index in [1.165, 1.54) is 6.07 Å². The molecule has 1 rings (SSSR count). The van der Waals surface area contributed by atoms with E-state index in [4.69, 9.17) is 0 Å². The minimum Gasteiger partial charge on any atom is -0.329 e. The Bertz CT molecular complexity index is 209. The van der Waals surface area contributed by atoms with Crippen LogP contribution in [0.2, 0.25) is 0 Å². The van der Waals surface area contributed by atoms with Gasteiger partial charge < -0.3 is 9.88 Å². The number of aromatic amines is 1. The molecule has 0 aliphatic rings. The van der Waals surface area contributed by atoms with Crippen LogP contribution in [0, 0.1) is 0 Å². The summed E-state index contributed by atoms with van der Waals surface area (Å²) in [5.41, 5.74) is -0.0532. The van der Waals surface area contributed by atoms with E-state index < -0.39 is 0 Å². The second-order valence-electron chi connectivity index (χ2n) is 2.57. The van der Waals surface area contributed by atoms with Crippen molar-refractivity contribution in [1.82, 2.24) is 9.88 Å². The maximum Gasteiger partial charge on any atom is 0.247 e. The highest BCUT2D eigenvalue weighted by Crippen LogP contribution is 1.67. The van der Waals surface area contributed by atoms with Crippen LogP contribution in [0.4, 0.5) is 0 Å². The number of hydrogen-bond donors (Lipinski definition) is 1. The lowest BCUT2D eigenvalue weighted by Crippen LogP contribution is -1.99. The minimum atomic E-state index is -0.0532. The third kappa shape index (κ3) is 8.91. The van der Waals surface area contributed by atoms with Gasteiger partial charge in [0.1, 0.15) is 0 Å². The largest absolute Gasteiger partial charge is 0.329 e. The molecular formula is C8H14N2O. The molecule has 0 amide bonds. The number of nitrogens with zero attached hydrogens (tertiary/aromatic N) is 1. The van der Waals surface area contributed by atoms with Crippen molar-refractivity contribution in [2.75, 3.05) is 21.1 Å². The monoisotopic (exact) mass is 154 g/mol. The summed E-state index contributed by atoms with van der Waals surface area (Å²) in [6.07, 6.45) is 1.60. The first-order valence-electron chi connectivity index (χ1n) is 3.37. The van der Waals surface area contributed by atoms with Gasteiger partial charge in [-0.05, 0) is 27.2 Å². The lowest BCUT2D eigenvalue weighted by molar-refractivity contribution is 0.505. The van der Waals surface area contributed by atoms with Gasteiger partial charge in [0.25, 0.3) is 0 Å². The van der Waals surface area contributed by atoms with Crippen molar-refractivity contribution in [1.29, 1.82) is 0 Å². The third-order valence-electron chi connectivity index (χ3n) is 0.681. The molecule has 0 spiro atoms. The lowest BCUT2D eigenvalue weighted by atomic mass is 10.5. The number of aromatic nitrogens is 1. The van der Waals surface area contributed by atoms with Crippen LogP contribution in [0.25, 0.3) is 0 Å². The highest BCUT2D eigenvalue weighted by atomic mass is 16.1. The fourth-order valence-corrected chi connectivity index (χ4v) is 0.377. The molecule has 62 valence electrons. The van der Waals surface area contributed by atoms with Crippen LogP contribution >= 0.6 is 0 Å². The van der Waals surface area contributed by atoms with E-state index in [9.17, 15) is 4.79 Å². The van der Waals surface area contributed by atoms with Gasteiger partial charge in [0.2, 0.25) is 5.56 Å². The number of nitrogens with one attached hydrogen (secondary N) is 1. The average molecular weight is 154 g/mol. The van der Waals surface area contributed by atoms with Crippen LogP contribution in [-0.2, 0) is 0 Å². The van der Waals surface area contributed by atoms with Gasteiger partial charge in [-0.15, -0.1) is 0 Å². The minimum absolute atomic E-state index is 0.0532. The second kappa shape index (κ2) is 5.68. The summed E-state index contributed by atoms with van der Waals surface area (Å²) in [5, 5.41) is 0. The zero-order valence-electron chi connectivity index (χ0n) is 7.16. The fourth-order valence-electron chi connectivity index (χ4n) is 0.377. The SMILES string of the molecule is CN(C)C.O=c1cccc[nH]1. The van der Waals surface area contributed by atoms with Crippen molar-refractivity contribution in [3.63, 3.8) is 0 Å². The molecule has 0 radical (unpaired) electrons. The first-order chi connectivity index (χ1) is 5.13. The van der Waals surface area contributed by atoms with Gasteiger partial charge in [-0.25, -0.2) is 0 Å². The number of hydrogen-bond acceptors (Lipinski definition) is 2. The zero-order valence-corrected chi connectivity index (χ0v) is 7.16. The summed E-state index contributed by atoms with van der Waals surface area (Å²) in [4.78, 5) is 14.7. The highest BCUT2D eigenvalue weighted by molar-refractivity contribution is 4.89. The first-order valence-corrected chi connectivity index (χ1v) is 3.37. The summed E-state index contributed by atoms with van der Waals surface area (Å²) in [5.74, 6) is 0. The predicted octanol–water partition coefficient (Wildman–Crippen LogP) is 0.553. The molecule has 0 aliphatic heterocycles. The molecule has 3 nitrogen and oxygen atoms in total. The molecule has 1 aromatic rings. The Labute approximate surface area is 66.7 Å². The Morgan fingerprint density at radius 2 is 1.82 bits per heavy atom. The van der Waals surface area contributed by atoms with Gasteiger partial charge in [0.05, 0.1) is 0 Å². The predicted molar refractivity (Wildman–Crippen MR) is 46.7 cm³/mol. The normalized spacial score (nSPS) is 8.73. The summed E-state index contributed by atoms with van der Waals surface area (Å²) in [6, 6.07) is 4.93. The van der Waals surface area contributed by atoms with Crippen LogP contribution in [0.15, 0.2) is 29.2 Å². The molecule has 0 aromatic carbocycles. The van der Waals surface area contributed by atoms with Crippen molar-refractivity contribution in [3.8, 4) is 0 Å². The van der Waals surface area contributed by atoms with Gasteiger partial charge in [-0.1, -0.05) is 6.07 Å². The van der Waals surface area contributed by atoms with Gasteiger partial charge in [-0.3, -0.25) is 4.79 Å². The summed E-state index contributed by atoms with van der Waals surface area (Å²) < 4.78 is 0. The van der Waals surface area contributed by atoms with Gasteiger partial charge in [-0.2, -0.15) is 0 Å². The lowest BCUT2D eigenvalue weighted by Gasteiger charge is -1.90. The van der Waals surface area contributed by atoms with E-state index in [2.05, 4.69) is 4.98 Å². The molecule has 1 N–H and O–H groups in total. The van der Waals surface area contributed by atoms with E-state index in [1.54, 1.807) is 18.3 Å². The van der Waals surface area contributed by atoms with Gasteiger partial charge >= 0.3 is 0 Å². The smallest absolute Gasteiger partial charge is 0.247 e. The molecule has 0 atom stereocenters. The standard InChI is InChI=1S/C5H5NO.C3H9N/c7-5-3-1-2-4-6-5;1-4(2)3/h1-4H,(H,6,7);1-3H3. The highest BCUT2D eigenvalue weighted by Gasteiger charge is 1.69. The van der Waals surface area contributed by atoms with E-state index in [-0.39, 0.29) is 5.56 Å². The van der Waals surface area contributed by atoms with Crippen molar-refractivity contribution >= 4 is 0 Å². The molecule has 11 heavy (non-hydrogen) atoms. The Balaban J connectivity index is 0.000000218. The fraction of sp³-hybridized carbons (Fsp3) is 0.375. The summed E-state index contributed by atoms with van der Waals surface area (Å²) >= 11 is 0. The van der Waals surface area contributed by atoms with Crippen LogP contribution in [-0.4, -0.2) is 31.0 Å². The van der Waals surface area contributed by atoms with Gasteiger partial charge in [0, 0.05) is 12.3 Å². The molecule has 1 heterocycles. The van der Waals surface area contributed by atoms with E-state index in [0.717, 1.165) is 0 Å². The van der Waals surface area contributed by atoms with E-state index in [0.29, 0.717) is 0 Å². The molecule has 0 saturated carbocycles. The molecule has 1 aromatic heterocycles. The van der Waals surface area contributed by atoms with Crippen molar-refractivity contribution in [2.45, 2.75) is 0 Å². The number of pyridine rings is 1. The Kier molecular flexibility index (Phi) is 5.11. The molecule has 0 unspecified atom stereocenters. The quantitative estimate of drug-likeness (QED) is 0.592. The average Bonchev–Trinajstić information content (AvgIpc) is 1.87. The Morgan fingerprint density at radius 1 is 1.27 bits per heavy atom. The maximum absolute atomic E-state index is 10.2. The van der Waals surface area contributed by atoms with Crippen LogP contribution in [0.1, 0.15) is 0 Å². The van der Waals surface area contributed by atoms with Crippen LogP contribution in [0.3, 0.4) is 0 Å². The zero-order chi connectivity index (χ0) is 8.69. The summed E-state index contributed by atoms with van der Waals surface area (Å²) in [7, 11) is 6.00. The number of H-pyrrole nitrogens is 1. The third-order valence-corrected chi connectivity index (χ3v) is 0.681. The maximum atomic E-state index is 10.2. The topological polar surface area (TPSA) is 36.1 Å². The van der Waals surface area contributed by atoms with Crippen molar-refractivity contribution in [3.05, 3.63) is 34.7 Å². The van der Waals surface area contributed by atoms with E-state index in [1.807, 2.05) is 26.0 Å². The van der Waals surface area contributed by atoms with Crippen LogP contribution in [0.5, 0.6) is 0 Å². The molecule has 3 heteroatoms. The second-order valence-corrected chi connectivity index (χ2v) is 2.57. The molecule has 0 aliphatic carbocycles. The van der Waals surface area contributed by atoms with Crippen molar-refractivity contribution < 1.29 is 0 Å².